The highest BCUT2D eigenvalue weighted by molar-refractivity contribution is 5.24. The number of aryl methyl sites for hydroxylation is 1. The Morgan fingerprint density at radius 1 is 0.824 bits per heavy atom. The summed E-state index contributed by atoms with van der Waals surface area (Å²) < 4.78 is 0. The molecule has 2 rings (SSSR count). The molecule has 90 valence electrons. The third-order valence-electron chi connectivity index (χ3n) is 2.50. The van der Waals surface area contributed by atoms with Crippen molar-refractivity contribution in [2.75, 3.05) is 0 Å². The van der Waals surface area contributed by atoms with Crippen LogP contribution in [0.5, 0.6) is 5.75 Å². The van der Waals surface area contributed by atoms with Gasteiger partial charge in [-0.15, -0.1) is 0 Å². The number of phenolic OH excluding ortho intramolecular Hbond substituents is 1. The van der Waals surface area contributed by atoms with Crippen molar-refractivity contribution in [1.82, 2.24) is 0 Å². The molecular formula is C16H20O. The minimum atomic E-state index is 0.329. The summed E-state index contributed by atoms with van der Waals surface area (Å²) in [6.45, 7) is 6.39. The first-order valence-corrected chi connectivity index (χ1v) is 5.90. The summed E-state index contributed by atoms with van der Waals surface area (Å²) in [4.78, 5) is 0. The molecule has 0 saturated heterocycles. The van der Waals surface area contributed by atoms with Crippen LogP contribution < -0.4 is 0 Å². The van der Waals surface area contributed by atoms with E-state index in [9.17, 15) is 0 Å². The van der Waals surface area contributed by atoms with Gasteiger partial charge < -0.3 is 5.11 Å². The van der Waals surface area contributed by atoms with Gasteiger partial charge in [-0.2, -0.15) is 0 Å². The normalized spacial score (nSPS) is 9.65. The predicted octanol–water partition coefficient (Wildman–Crippen LogP) is 4.51. The molecule has 0 spiro atoms. The van der Waals surface area contributed by atoms with E-state index in [4.69, 9.17) is 5.11 Å². The van der Waals surface area contributed by atoms with E-state index in [0.717, 1.165) is 0 Å². The maximum Gasteiger partial charge on any atom is 0.115 e. The van der Waals surface area contributed by atoms with E-state index in [2.05, 4.69) is 38.1 Å². The topological polar surface area (TPSA) is 20.2 Å². The Labute approximate surface area is 104 Å². The van der Waals surface area contributed by atoms with Crippen LogP contribution in [-0.2, 0) is 0 Å². The standard InChI is InChI=1S/C9H12.C7H8O/c1-8(2)9-6-4-3-5-7-9;1-6-2-4-7(8)5-3-6/h3-8H,1-2H3;2-5,8H,1H3. The van der Waals surface area contributed by atoms with Gasteiger partial charge in [0.2, 0.25) is 0 Å². The highest BCUT2D eigenvalue weighted by Crippen LogP contribution is 2.11. The molecule has 17 heavy (non-hydrogen) atoms. The summed E-state index contributed by atoms with van der Waals surface area (Å²) in [6.07, 6.45) is 0. The monoisotopic (exact) mass is 228 g/mol. The molecule has 0 atom stereocenters. The van der Waals surface area contributed by atoms with Gasteiger partial charge in [-0.25, -0.2) is 0 Å². The summed E-state index contributed by atoms with van der Waals surface area (Å²) in [7, 11) is 0. The summed E-state index contributed by atoms with van der Waals surface area (Å²) >= 11 is 0. The Kier molecular flexibility index (Phi) is 5.28. The van der Waals surface area contributed by atoms with Crippen LogP contribution in [0.25, 0.3) is 0 Å². The first kappa shape index (κ1) is 13.3. The smallest absolute Gasteiger partial charge is 0.115 e. The second-order valence-electron chi connectivity index (χ2n) is 4.40. The van der Waals surface area contributed by atoms with E-state index in [1.54, 1.807) is 12.1 Å². The molecule has 0 aliphatic heterocycles. The van der Waals surface area contributed by atoms with Crippen LogP contribution in [0.3, 0.4) is 0 Å². The Balaban J connectivity index is 0.000000171. The van der Waals surface area contributed by atoms with Crippen molar-refractivity contribution in [3.8, 4) is 5.75 Å². The second-order valence-corrected chi connectivity index (χ2v) is 4.40. The number of hydrogen-bond donors (Lipinski definition) is 1. The van der Waals surface area contributed by atoms with Crippen LogP contribution in [0.2, 0.25) is 0 Å². The molecule has 0 unspecified atom stereocenters. The first-order chi connectivity index (χ1) is 8.09. The fraction of sp³-hybridized carbons (Fsp3) is 0.250. The van der Waals surface area contributed by atoms with E-state index in [1.165, 1.54) is 11.1 Å². The fourth-order valence-electron chi connectivity index (χ4n) is 1.38. The van der Waals surface area contributed by atoms with Crippen LogP contribution >= 0.6 is 0 Å². The molecule has 0 aliphatic rings. The molecule has 0 radical (unpaired) electrons. The Morgan fingerprint density at radius 2 is 1.35 bits per heavy atom. The van der Waals surface area contributed by atoms with Crippen molar-refractivity contribution >= 4 is 0 Å². The molecule has 0 saturated carbocycles. The highest BCUT2D eigenvalue weighted by Gasteiger charge is 1.93. The van der Waals surface area contributed by atoms with E-state index in [-0.39, 0.29) is 0 Å². The maximum atomic E-state index is 8.76. The third kappa shape index (κ3) is 5.21. The van der Waals surface area contributed by atoms with Crippen molar-refractivity contribution in [2.24, 2.45) is 0 Å². The van der Waals surface area contributed by atoms with Gasteiger partial charge in [0.25, 0.3) is 0 Å². The van der Waals surface area contributed by atoms with E-state index in [0.29, 0.717) is 11.7 Å². The largest absolute Gasteiger partial charge is 0.508 e. The highest BCUT2D eigenvalue weighted by atomic mass is 16.3. The predicted molar refractivity (Wildman–Crippen MR) is 73.4 cm³/mol. The summed E-state index contributed by atoms with van der Waals surface area (Å²) in [5, 5.41) is 8.76. The molecule has 1 heteroatoms. The molecule has 1 nitrogen and oxygen atoms in total. The van der Waals surface area contributed by atoms with Gasteiger partial charge >= 0.3 is 0 Å². The van der Waals surface area contributed by atoms with Gasteiger partial charge in [0, 0.05) is 0 Å². The molecule has 1 N–H and O–H groups in total. The zero-order valence-electron chi connectivity index (χ0n) is 10.7. The van der Waals surface area contributed by atoms with E-state index < -0.39 is 0 Å². The number of benzene rings is 2. The Morgan fingerprint density at radius 3 is 1.71 bits per heavy atom. The summed E-state index contributed by atoms with van der Waals surface area (Å²) in [5.41, 5.74) is 2.58. The molecule has 0 fully saturated rings. The maximum absolute atomic E-state index is 8.76. The number of phenols is 1. The van der Waals surface area contributed by atoms with Crippen molar-refractivity contribution in [1.29, 1.82) is 0 Å². The van der Waals surface area contributed by atoms with Gasteiger partial charge in [0.1, 0.15) is 5.75 Å². The summed E-state index contributed by atoms with van der Waals surface area (Å²) in [5.74, 6) is 0.988. The molecule has 0 aromatic heterocycles. The molecule has 0 amide bonds. The van der Waals surface area contributed by atoms with Crippen LogP contribution in [0.1, 0.15) is 30.9 Å². The SMILES string of the molecule is CC(C)c1ccccc1.Cc1ccc(O)cc1. The van der Waals surface area contributed by atoms with Gasteiger partial charge in [-0.1, -0.05) is 61.9 Å². The average molecular weight is 228 g/mol. The quantitative estimate of drug-likeness (QED) is 0.761. The van der Waals surface area contributed by atoms with Crippen molar-refractivity contribution < 1.29 is 5.11 Å². The van der Waals surface area contributed by atoms with Crippen LogP contribution in [-0.4, -0.2) is 5.11 Å². The third-order valence-corrected chi connectivity index (χ3v) is 2.50. The van der Waals surface area contributed by atoms with Gasteiger partial charge in [-0.3, -0.25) is 0 Å². The van der Waals surface area contributed by atoms with Crippen molar-refractivity contribution in [3.63, 3.8) is 0 Å². The Hall–Kier alpha value is -1.76. The Bertz CT molecular complexity index is 394. The molecule has 0 heterocycles. The van der Waals surface area contributed by atoms with Crippen molar-refractivity contribution in [3.05, 3.63) is 65.7 Å². The molecule has 2 aromatic carbocycles. The lowest BCUT2D eigenvalue weighted by Crippen LogP contribution is -1.83. The molecule has 2 aromatic rings. The van der Waals surface area contributed by atoms with Gasteiger partial charge in [0.05, 0.1) is 0 Å². The van der Waals surface area contributed by atoms with Gasteiger partial charge in [-0.05, 0) is 30.5 Å². The van der Waals surface area contributed by atoms with E-state index >= 15 is 0 Å². The van der Waals surface area contributed by atoms with Crippen LogP contribution in [0.15, 0.2) is 54.6 Å². The lowest BCUT2D eigenvalue weighted by atomic mass is 10.0. The lowest BCUT2D eigenvalue weighted by molar-refractivity contribution is 0.475. The van der Waals surface area contributed by atoms with Crippen LogP contribution in [0.4, 0.5) is 0 Å². The molecule has 0 aliphatic carbocycles. The lowest BCUT2D eigenvalue weighted by Gasteiger charge is -2.01. The fourth-order valence-corrected chi connectivity index (χ4v) is 1.38. The zero-order valence-corrected chi connectivity index (χ0v) is 10.7. The van der Waals surface area contributed by atoms with Crippen molar-refractivity contribution in [2.45, 2.75) is 26.7 Å². The average Bonchev–Trinajstić information content (AvgIpc) is 2.35. The molecule has 0 bridgehead atoms. The molecular weight excluding hydrogens is 208 g/mol. The zero-order chi connectivity index (χ0) is 12.7. The van der Waals surface area contributed by atoms with E-state index in [1.807, 2.05) is 25.1 Å². The van der Waals surface area contributed by atoms with Gasteiger partial charge in [0.15, 0.2) is 0 Å². The first-order valence-electron chi connectivity index (χ1n) is 5.90. The second kappa shape index (κ2) is 6.74. The van der Waals surface area contributed by atoms with Crippen LogP contribution in [0, 0.1) is 6.92 Å². The minimum absolute atomic E-state index is 0.329. The minimum Gasteiger partial charge on any atom is -0.508 e. The number of hydrogen-bond acceptors (Lipinski definition) is 1. The number of aromatic hydroxyl groups is 1. The summed E-state index contributed by atoms with van der Waals surface area (Å²) in [6, 6.07) is 17.6. The number of rotatable bonds is 1.